The SMILES string of the molecule is COc1ccc(/C=C(\Cl)[N+](=O)[O-])c(OC)c1OC. The first kappa shape index (κ1) is 14.1. The molecule has 0 aliphatic carbocycles. The summed E-state index contributed by atoms with van der Waals surface area (Å²) in [6.45, 7) is 0. The van der Waals surface area contributed by atoms with Gasteiger partial charge in [0.1, 0.15) is 0 Å². The molecule has 1 aromatic carbocycles. The maximum absolute atomic E-state index is 10.5. The number of halogens is 1. The van der Waals surface area contributed by atoms with Gasteiger partial charge in [-0.3, -0.25) is 10.1 Å². The van der Waals surface area contributed by atoms with Gasteiger partial charge in [0.25, 0.3) is 0 Å². The fraction of sp³-hybridized carbons (Fsp3) is 0.273. The van der Waals surface area contributed by atoms with Gasteiger partial charge < -0.3 is 14.2 Å². The highest BCUT2D eigenvalue weighted by atomic mass is 35.5. The van der Waals surface area contributed by atoms with Gasteiger partial charge in [-0.2, -0.15) is 0 Å². The maximum atomic E-state index is 10.5. The van der Waals surface area contributed by atoms with Crippen molar-refractivity contribution in [2.45, 2.75) is 0 Å². The van der Waals surface area contributed by atoms with E-state index < -0.39 is 10.1 Å². The van der Waals surface area contributed by atoms with Crippen LogP contribution in [0.3, 0.4) is 0 Å². The van der Waals surface area contributed by atoms with E-state index in [1.54, 1.807) is 12.1 Å². The number of nitrogens with zero attached hydrogens (tertiary/aromatic N) is 1. The topological polar surface area (TPSA) is 70.8 Å². The summed E-state index contributed by atoms with van der Waals surface area (Å²) in [4.78, 5) is 9.79. The summed E-state index contributed by atoms with van der Waals surface area (Å²) in [6, 6.07) is 3.20. The van der Waals surface area contributed by atoms with Crippen LogP contribution in [0.2, 0.25) is 0 Å². The van der Waals surface area contributed by atoms with E-state index in [9.17, 15) is 10.1 Å². The Hall–Kier alpha value is -1.95. The van der Waals surface area contributed by atoms with Gasteiger partial charge >= 0.3 is 5.16 Å². The summed E-state index contributed by atoms with van der Waals surface area (Å²) >= 11 is 5.48. The third kappa shape index (κ3) is 2.84. The average molecular weight is 274 g/mol. The second kappa shape index (κ2) is 6.11. The number of nitro groups is 1. The van der Waals surface area contributed by atoms with Crippen LogP contribution in [-0.2, 0) is 0 Å². The first-order chi connectivity index (χ1) is 8.54. The highest BCUT2D eigenvalue weighted by Crippen LogP contribution is 2.40. The summed E-state index contributed by atoms with van der Waals surface area (Å²) in [7, 11) is 4.36. The molecule has 0 radical (unpaired) electrons. The second-order valence-corrected chi connectivity index (χ2v) is 3.53. The largest absolute Gasteiger partial charge is 0.493 e. The molecule has 0 aliphatic rings. The molecule has 0 saturated carbocycles. The fourth-order valence-electron chi connectivity index (χ4n) is 1.42. The Labute approximate surface area is 109 Å². The molecule has 6 nitrogen and oxygen atoms in total. The van der Waals surface area contributed by atoms with Gasteiger partial charge in [0.2, 0.25) is 5.75 Å². The minimum Gasteiger partial charge on any atom is -0.493 e. The number of benzene rings is 1. The van der Waals surface area contributed by atoms with E-state index in [2.05, 4.69) is 0 Å². The Morgan fingerprint density at radius 2 is 1.83 bits per heavy atom. The third-order valence-corrected chi connectivity index (χ3v) is 2.43. The van der Waals surface area contributed by atoms with Gasteiger partial charge in [-0.25, -0.2) is 0 Å². The molecule has 18 heavy (non-hydrogen) atoms. The van der Waals surface area contributed by atoms with Crippen LogP contribution in [0.25, 0.3) is 6.08 Å². The Morgan fingerprint density at radius 1 is 1.22 bits per heavy atom. The number of hydrogen-bond donors (Lipinski definition) is 0. The smallest absolute Gasteiger partial charge is 0.337 e. The van der Waals surface area contributed by atoms with Crippen molar-refractivity contribution in [1.29, 1.82) is 0 Å². The van der Waals surface area contributed by atoms with Crippen molar-refractivity contribution in [3.05, 3.63) is 33.0 Å². The second-order valence-electron chi connectivity index (χ2n) is 3.15. The van der Waals surface area contributed by atoms with Gasteiger partial charge in [-0.05, 0) is 23.7 Å². The minimum atomic E-state index is -0.697. The van der Waals surface area contributed by atoms with Crippen molar-refractivity contribution in [2.75, 3.05) is 21.3 Å². The molecule has 0 unspecified atom stereocenters. The van der Waals surface area contributed by atoms with Crippen molar-refractivity contribution >= 4 is 17.7 Å². The van der Waals surface area contributed by atoms with Gasteiger partial charge in [0.15, 0.2) is 11.5 Å². The number of hydrogen-bond acceptors (Lipinski definition) is 5. The molecule has 0 atom stereocenters. The number of methoxy groups -OCH3 is 3. The molecule has 0 saturated heterocycles. The zero-order valence-corrected chi connectivity index (χ0v) is 10.9. The van der Waals surface area contributed by atoms with E-state index >= 15 is 0 Å². The lowest BCUT2D eigenvalue weighted by Gasteiger charge is -2.13. The zero-order chi connectivity index (χ0) is 13.7. The van der Waals surface area contributed by atoms with Crippen LogP contribution in [0.15, 0.2) is 17.3 Å². The summed E-state index contributed by atoms with van der Waals surface area (Å²) in [5, 5.41) is 9.98. The number of ether oxygens (including phenoxy) is 3. The van der Waals surface area contributed by atoms with E-state index in [1.165, 1.54) is 27.4 Å². The first-order valence-corrected chi connectivity index (χ1v) is 5.23. The van der Waals surface area contributed by atoms with Crippen molar-refractivity contribution in [3.63, 3.8) is 0 Å². The van der Waals surface area contributed by atoms with Crippen LogP contribution in [0, 0.1) is 10.1 Å². The minimum absolute atomic E-state index is 0.317. The van der Waals surface area contributed by atoms with Crippen molar-refractivity contribution in [1.82, 2.24) is 0 Å². The van der Waals surface area contributed by atoms with Crippen LogP contribution < -0.4 is 14.2 Å². The zero-order valence-electron chi connectivity index (χ0n) is 10.1. The highest BCUT2D eigenvalue weighted by Gasteiger charge is 2.16. The molecule has 0 fully saturated rings. The van der Waals surface area contributed by atoms with Crippen LogP contribution in [0.4, 0.5) is 0 Å². The van der Waals surface area contributed by atoms with E-state index in [0.717, 1.165) is 0 Å². The average Bonchev–Trinajstić information content (AvgIpc) is 2.37. The van der Waals surface area contributed by atoms with Gasteiger partial charge in [0, 0.05) is 11.6 Å². The lowest BCUT2D eigenvalue weighted by Crippen LogP contribution is -1.97. The molecular formula is C11H12ClNO5. The van der Waals surface area contributed by atoms with Crippen molar-refractivity contribution < 1.29 is 19.1 Å². The van der Waals surface area contributed by atoms with E-state index in [1.807, 2.05) is 0 Å². The van der Waals surface area contributed by atoms with E-state index in [4.69, 9.17) is 25.8 Å². The molecule has 0 bridgehead atoms. The molecule has 1 aromatic rings. The molecule has 0 aromatic heterocycles. The third-order valence-electron chi connectivity index (χ3n) is 2.18. The first-order valence-electron chi connectivity index (χ1n) is 4.85. The fourth-order valence-corrected chi connectivity index (χ4v) is 1.54. The van der Waals surface area contributed by atoms with Gasteiger partial charge in [0.05, 0.1) is 26.3 Å². The van der Waals surface area contributed by atoms with Gasteiger partial charge in [-0.15, -0.1) is 0 Å². The van der Waals surface area contributed by atoms with Crippen LogP contribution in [0.5, 0.6) is 17.2 Å². The number of rotatable bonds is 5. The lowest BCUT2D eigenvalue weighted by molar-refractivity contribution is -0.410. The summed E-state index contributed by atoms with van der Waals surface area (Å²) < 4.78 is 15.4. The molecule has 1 rings (SSSR count). The summed E-state index contributed by atoms with van der Waals surface area (Å²) in [5.41, 5.74) is 0.428. The Balaban J connectivity index is 3.38. The predicted molar refractivity (Wildman–Crippen MR) is 66.9 cm³/mol. The quantitative estimate of drug-likeness (QED) is 0.468. The summed E-state index contributed by atoms with van der Waals surface area (Å²) in [6.07, 6.45) is 1.18. The molecule has 0 spiro atoms. The molecule has 0 heterocycles. The molecular weight excluding hydrogens is 262 g/mol. The van der Waals surface area contributed by atoms with Crippen molar-refractivity contribution in [3.8, 4) is 17.2 Å². The Morgan fingerprint density at radius 3 is 2.28 bits per heavy atom. The van der Waals surface area contributed by atoms with Crippen LogP contribution in [0.1, 0.15) is 5.56 Å². The maximum Gasteiger partial charge on any atom is 0.337 e. The normalized spacial score (nSPS) is 11.0. The molecule has 0 aliphatic heterocycles. The molecule has 7 heteroatoms. The monoisotopic (exact) mass is 273 g/mol. The Kier molecular flexibility index (Phi) is 4.79. The molecule has 0 amide bonds. The standard InChI is InChI=1S/C11H12ClNO5/c1-16-8-5-4-7(6-9(12)13(14)15)10(17-2)11(8)18-3/h4-6H,1-3H3/b9-6+. The highest BCUT2D eigenvalue weighted by molar-refractivity contribution is 6.29. The lowest BCUT2D eigenvalue weighted by atomic mass is 10.1. The van der Waals surface area contributed by atoms with Crippen LogP contribution in [-0.4, -0.2) is 26.3 Å². The van der Waals surface area contributed by atoms with E-state index in [-0.39, 0.29) is 0 Å². The van der Waals surface area contributed by atoms with Crippen molar-refractivity contribution in [2.24, 2.45) is 0 Å². The van der Waals surface area contributed by atoms with Crippen LogP contribution >= 0.6 is 11.6 Å². The van der Waals surface area contributed by atoms with E-state index in [0.29, 0.717) is 22.8 Å². The predicted octanol–water partition coefficient (Wildman–Crippen LogP) is 2.53. The Bertz CT molecular complexity index is 487. The summed E-state index contributed by atoms with van der Waals surface area (Å²) in [5.74, 6) is 1.13. The van der Waals surface area contributed by atoms with Gasteiger partial charge in [-0.1, -0.05) is 0 Å². The molecule has 98 valence electrons. The molecule has 0 N–H and O–H groups in total.